The van der Waals surface area contributed by atoms with E-state index in [1.54, 1.807) is 41.5 Å². The fourth-order valence-electron chi connectivity index (χ4n) is 2.54. The normalized spacial score (nSPS) is 12.2. The van der Waals surface area contributed by atoms with E-state index in [0.29, 0.717) is 6.61 Å². The molecule has 0 unspecified atom stereocenters. The number of hydrogen-bond donors (Lipinski definition) is 0. The lowest BCUT2D eigenvalue weighted by atomic mass is 10.2. The Bertz CT molecular complexity index is 927. The number of likely N-dealkylation sites (N-methyl/N-ethyl adjacent to an activating group) is 1. The number of carbonyl (C=O) groups excluding carboxylic acids is 1. The molecule has 0 radical (unpaired) electrons. The van der Waals surface area contributed by atoms with Gasteiger partial charge in [-0.2, -0.15) is 0 Å². The molecule has 138 valence electrons. The Morgan fingerprint density at radius 2 is 2.00 bits per heavy atom. The third-order valence-electron chi connectivity index (χ3n) is 4.26. The molecule has 1 aromatic heterocycles. The van der Waals surface area contributed by atoms with Gasteiger partial charge in [-0.15, -0.1) is 11.3 Å². The Labute approximate surface area is 163 Å². The molecule has 0 N–H and O–H groups in total. The fraction of sp³-hybridized carbons (Fsp3) is 0.182. The molecule has 0 aliphatic rings. The molecule has 0 aliphatic carbocycles. The van der Waals surface area contributed by atoms with Gasteiger partial charge in [-0.25, -0.2) is 4.98 Å². The van der Waals surface area contributed by atoms with Crippen LogP contribution in [-0.4, -0.2) is 29.4 Å². The first kappa shape index (κ1) is 18.9. The Balaban J connectivity index is 1.65. The SMILES string of the molecule is C=CCOc1ccc(/C=C/C(=O)N(C)[C@H](C)c2nc3ccccc3s2)cc1. The van der Waals surface area contributed by atoms with Gasteiger partial charge in [0, 0.05) is 13.1 Å². The average molecular weight is 378 g/mol. The van der Waals surface area contributed by atoms with E-state index in [9.17, 15) is 4.79 Å². The van der Waals surface area contributed by atoms with Crippen LogP contribution in [0.15, 0.2) is 67.3 Å². The maximum Gasteiger partial charge on any atom is 0.246 e. The van der Waals surface area contributed by atoms with Crippen molar-refractivity contribution in [2.75, 3.05) is 13.7 Å². The van der Waals surface area contributed by atoms with Gasteiger partial charge in [-0.3, -0.25) is 4.79 Å². The lowest BCUT2D eigenvalue weighted by molar-refractivity contribution is -0.126. The van der Waals surface area contributed by atoms with Gasteiger partial charge in [-0.1, -0.05) is 36.9 Å². The van der Waals surface area contributed by atoms with Gasteiger partial charge in [-0.05, 0) is 42.8 Å². The summed E-state index contributed by atoms with van der Waals surface area (Å²) in [6, 6.07) is 15.5. The molecule has 0 fully saturated rings. The number of thiazole rings is 1. The summed E-state index contributed by atoms with van der Waals surface area (Å²) in [6.07, 6.45) is 5.10. The molecule has 5 heteroatoms. The number of para-hydroxylation sites is 1. The van der Waals surface area contributed by atoms with Crippen molar-refractivity contribution >= 4 is 33.5 Å². The summed E-state index contributed by atoms with van der Waals surface area (Å²) in [5.41, 5.74) is 1.91. The van der Waals surface area contributed by atoms with Crippen LogP contribution < -0.4 is 4.74 Å². The molecule has 3 aromatic rings. The summed E-state index contributed by atoms with van der Waals surface area (Å²) in [5, 5.41) is 0.934. The zero-order valence-electron chi connectivity index (χ0n) is 15.5. The minimum Gasteiger partial charge on any atom is -0.490 e. The average Bonchev–Trinajstić information content (AvgIpc) is 3.14. The molecule has 0 aliphatic heterocycles. The van der Waals surface area contributed by atoms with Crippen molar-refractivity contribution in [3.63, 3.8) is 0 Å². The number of fused-ring (bicyclic) bond motifs is 1. The Hall–Kier alpha value is -2.92. The van der Waals surface area contributed by atoms with Crippen LogP contribution in [0.4, 0.5) is 0 Å². The van der Waals surface area contributed by atoms with Gasteiger partial charge in [0.15, 0.2) is 0 Å². The molecule has 27 heavy (non-hydrogen) atoms. The van der Waals surface area contributed by atoms with E-state index in [2.05, 4.69) is 11.6 Å². The second kappa shape index (κ2) is 8.64. The zero-order valence-corrected chi connectivity index (χ0v) is 16.3. The minimum absolute atomic E-state index is 0.0614. The summed E-state index contributed by atoms with van der Waals surface area (Å²) in [4.78, 5) is 18.9. The van der Waals surface area contributed by atoms with Crippen LogP contribution in [0, 0.1) is 0 Å². The van der Waals surface area contributed by atoms with Gasteiger partial charge in [0.05, 0.1) is 16.3 Å². The molecule has 1 atom stereocenters. The lowest BCUT2D eigenvalue weighted by Gasteiger charge is -2.21. The van der Waals surface area contributed by atoms with Crippen molar-refractivity contribution in [3.8, 4) is 5.75 Å². The molecule has 2 aromatic carbocycles. The second-order valence-electron chi connectivity index (χ2n) is 6.15. The van der Waals surface area contributed by atoms with Crippen molar-refractivity contribution < 1.29 is 9.53 Å². The first-order valence-corrected chi connectivity index (χ1v) is 9.54. The van der Waals surface area contributed by atoms with Crippen molar-refractivity contribution in [1.82, 2.24) is 9.88 Å². The summed E-state index contributed by atoms with van der Waals surface area (Å²) in [7, 11) is 1.80. The van der Waals surface area contributed by atoms with E-state index in [1.807, 2.05) is 55.5 Å². The van der Waals surface area contributed by atoms with E-state index < -0.39 is 0 Å². The van der Waals surface area contributed by atoms with Crippen LogP contribution in [0.3, 0.4) is 0 Å². The number of carbonyl (C=O) groups is 1. The van der Waals surface area contributed by atoms with Gasteiger partial charge in [0.25, 0.3) is 0 Å². The number of rotatable bonds is 7. The minimum atomic E-state index is -0.0887. The Morgan fingerprint density at radius 3 is 2.70 bits per heavy atom. The molecular formula is C22H22N2O2S. The topological polar surface area (TPSA) is 42.4 Å². The summed E-state index contributed by atoms with van der Waals surface area (Å²) in [5.74, 6) is 0.716. The van der Waals surface area contributed by atoms with E-state index in [0.717, 1.165) is 26.5 Å². The van der Waals surface area contributed by atoms with Crippen LogP contribution in [0.2, 0.25) is 0 Å². The molecule has 0 spiro atoms. The number of ether oxygens (including phenoxy) is 1. The standard InChI is InChI=1S/C22H22N2O2S/c1-4-15-26-18-12-9-17(10-13-18)11-14-21(25)24(3)16(2)22-23-19-7-5-6-8-20(19)27-22/h4-14,16H,1,15H2,2-3H3/b14-11+/t16-/m1/s1. The highest BCUT2D eigenvalue weighted by Crippen LogP contribution is 2.28. The Morgan fingerprint density at radius 1 is 1.26 bits per heavy atom. The second-order valence-corrected chi connectivity index (χ2v) is 7.21. The van der Waals surface area contributed by atoms with Crippen molar-refractivity contribution in [3.05, 3.63) is 77.8 Å². The molecule has 3 rings (SSSR count). The molecule has 0 saturated carbocycles. The third kappa shape index (κ3) is 4.63. The van der Waals surface area contributed by atoms with E-state index in [1.165, 1.54) is 0 Å². The first-order chi connectivity index (χ1) is 13.1. The fourth-order valence-corrected chi connectivity index (χ4v) is 3.60. The number of aromatic nitrogens is 1. The predicted molar refractivity (Wildman–Crippen MR) is 112 cm³/mol. The van der Waals surface area contributed by atoms with E-state index in [-0.39, 0.29) is 11.9 Å². The van der Waals surface area contributed by atoms with Gasteiger partial charge in [0.1, 0.15) is 17.4 Å². The molecule has 0 saturated heterocycles. The monoisotopic (exact) mass is 378 g/mol. The van der Waals surface area contributed by atoms with Crippen molar-refractivity contribution in [2.24, 2.45) is 0 Å². The molecule has 0 bridgehead atoms. The quantitative estimate of drug-likeness (QED) is 0.425. The zero-order chi connectivity index (χ0) is 19.2. The molecular weight excluding hydrogens is 356 g/mol. The van der Waals surface area contributed by atoms with Crippen LogP contribution in [-0.2, 0) is 4.79 Å². The van der Waals surface area contributed by atoms with Crippen LogP contribution in [0.5, 0.6) is 5.75 Å². The van der Waals surface area contributed by atoms with Gasteiger partial charge in [0.2, 0.25) is 5.91 Å². The number of hydrogen-bond acceptors (Lipinski definition) is 4. The third-order valence-corrected chi connectivity index (χ3v) is 5.47. The predicted octanol–water partition coefficient (Wildman–Crippen LogP) is 5.09. The number of benzene rings is 2. The van der Waals surface area contributed by atoms with Gasteiger partial charge >= 0.3 is 0 Å². The molecule has 1 heterocycles. The summed E-state index contributed by atoms with van der Waals surface area (Å²) < 4.78 is 6.59. The molecule has 4 nitrogen and oxygen atoms in total. The van der Waals surface area contributed by atoms with Crippen LogP contribution in [0.1, 0.15) is 23.5 Å². The van der Waals surface area contributed by atoms with E-state index in [4.69, 9.17) is 4.74 Å². The highest BCUT2D eigenvalue weighted by molar-refractivity contribution is 7.18. The number of nitrogens with zero attached hydrogens (tertiary/aromatic N) is 2. The van der Waals surface area contributed by atoms with E-state index >= 15 is 0 Å². The Kier molecular flexibility index (Phi) is 6.04. The highest BCUT2D eigenvalue weighted by Gasteiger charge is 2.19. The van der Waals surface area contributed by atoms with Crippen LogP contribution >= 0.6 is 11.3 Å². The first-order valence-electron chi connectivity index (χ1n) is 8.72. The van der Waals surface area contributed by atoms with Crippen molar-refractivity contribution in [2.45, 2.75) is 13.0 Å². The van der Waals surface area contributed by atoms with Crippen LogP contribution in [0.25, 0.3) is 16.3 Å². The smallest absolute Gasteiger partial charge is 0.246 e. The maximum atomic E-state index is 12.5. The number of amides is 1. The molecule has 1 amide bonds. The summed E-state index contributed by atoms with van der Waals surface area (Å²) >= 11 is 1.62. The highest BCUT2D eigenvalue weighted by atomic mass is 32.1. The van der Waals surface area contributed by atoms with Crippen molar-refractivity contribution in [1.29, 1.82) is 0 Å². The largest absolute Gasteiger partial charge is 0.490 e. The van der Waals surface area contributed by atoms with Gasteiger partial charge < -0.3 is 9.64 Å². The summed E-state index contributed by atoms with van der Waals surface area (Å²) in [6.45, 7) is 6.09. The maximum absolute atomic E-state index is 12.5. The lowest BCUT2D eigenvalue weighted by Crippen LogP contribution is -2.27.